The number of methoxy groups -OCH3 is 2. The Kier molecular flexibility index (Phi) is 6.87. The van der Waals surface area contributed by atoms with Crippen LogP contribution in [-0.2, 0) is 9.53 Å². The van der Waals surface area contributed by atoms with E-state index in [4.69, 9.17) is 10.5 Å². The molecule has 0 heterocycles. The molecular weight excluding hydrogens is 310 g/mol. The van der Waals surface area contributed by atoms with E-state index in [1.807, 2.05) is 18.2 Å². The zero-order chi connectivity index (χ0) is 14.3. The van der Waals surface area contributed by atoms with Crippen LogP contribution in [0.15, 0.2) is 22.7 Å². The quantitative estimate of drug-likeness (QED) is 0.616. The number of carbonyl (C=O) groups excluding carboxylic acids is 1. The predicted octanol–water partition coefficient (Wildman–Crippen LogP) is 3.19. The molecule has 106 valence electrons. The summed E-state index contributed by atoms with van der Waals surface area (Å²) in [5.74, 6) is 0.622. The van der Waals surface area contributed by atoms with Gasteiger partial charge in [0.25, 0.3) is 0 Å². The van der Waals surface area contributed by atoms with E-state index in [1.165, 1.54) is 7.11 Å². The van der Waals surface area contributed by atoms with Gasteiger partial charge in [0, 0.05) is 22.5 Å². The lowest BCUT2D eigenvalue weighted by Gasteiger charge is -2.16. The minimum absolute atomic E-state index is 0.0925. The van der Waals surface area contributed by atoms with Crippen molar-refractivity contribution < 1.29 is 14.3 Å². The molecule has 0 amide bonds. The Morgan fingerprint density at radius 1 is 1.37 bits per heavy atom. The third kappa shape index (κ3) is 5.20. The average Bonchev–Trinajstić information content (AvgIpc) is 2.42. The molecule has 2 N–H and O–H groups in total. The van der Waals surface area contributed by atoms with Crippen molar-refractivity contribution in [3.63, 3.8) is 0 Å². The number of nitrogens with two attached hydrogens (primary N) is 1. The zero-order valence-corrected chi connectivity index (χ0v) is 12.9. The van der Waals surface area contributed by atoms with E-state index >= 15 is 0 Å². The SMILES string of the molecule is COC(=O)CCCCC(N)c1cc(Br)ccc1OC. The van der Waals surface area contributed by atoms with Gasteiger partial charge in [-0.2, -0.15) is 0 Å². The van der Waals surface area contributed by atoms with E-state index < -0.39 is 0 Å². The van der Waals surface area contributed by atoms with Crippen LogP contribution in [0.3, 0.4) is 0 Å². The smallest absolute Gasteiger partial charge is 0.305 e. The summed E-state index contributed by atoms with van der Waals surface area (Å²) >= 11 is 3.43. The molecular formula is C14H20BrNO3. The molecule has 4 nitrogen and oxygen atoms in total. The van der Waals surface area contributed by atoms with E-state index in [2.05, 4.69) is 20.7 Å². The number of hydrogen-bond acceptors (Lipinski definition) is 4. The molecule has 5 heteroatoms. The van der Waals surface area contributed by atoms with Gasteiger partial charge in [-0.05, 0) is 31.0 Å². The summed E-state index contributed by atoms with van der Waals surface area (Å²) in [5, 5.41) is 0. The van der Waals surface area contributed by atoms with Gasteiger partial charge in [-0.1, -0.05) is 22.4 Å². The number of ether oxygens (including phenoxy) is 2. The van der Waals surface area contributed by atoms with Gasteiger partial charge in [0.05, 0.1) is 14.2 Å². The van der Waals surface area contributed by atoms with Crippen LogP contribution in [0.25, 0.3) is 0 Å². The maximum atomic E-state index is 11.0. The van der Waals surface area contributed by atoms with E-state index in [0.29, 0.717) is 6.42 Å². The Morgan fingerprint density at radius 3 is 2.74 bits per heavy atom. The summed E-state index contributed by atoms with van der Waals surface area (Å²) in [6, 6.07) is 5.70. The van der Waals surface area contributed by atoms with E-state index in [9.17, 15) is 4.79 Å². The fourth-order valence-corrected chi connectivity index (χ4v) is 2.26. The van der Waals surface area contributed by atoms with Crippen molar-refractivity contribution in [1.82, 2.24) is 0 Å². The number of unbranched alkanes of at least 4 members (excludes halogenated alkanes) is 1. The number of rotatable bonds is 7. The summed E-state index contributed by atoms with van der Waals surface area (Å²) in [7, 11) is 3.04. The number of hydrogen-bond donors (Lipinski definition) is 1. The fourth-order valence-electron chi connectivity index (χ4n) is 1.89. The Labute approximate surface area is 122 Å². The largest absolute Gasteiger partial charge is 0.496 e. The van der Waals surface area contributed by atoms with Gasteiger partial charge >= 0.3 is 5.97 Å². The molecule has 1 rings (SSSR count). The molecule has 1 aromatic carbocycles. The van der Waals surface area contributed by atoms with Gasteiger partial charge in [-0.15, -0.1) is 0 Å². The lowest BCUT2D eigenvalue weighted by molar-refractivity contribution is -0.140. The first-order valence-corrected chi connectivity index (χ1v) is 7.03. The van der Waals surface area contributed by atoms with Gasteiger partial charge < -0.3 is 15.2 Å². The highest BCUT2D eigenvalue weighted by Crippen LogP contribution is 2.29. The molecule has 0 aliphatic carbocycles. The van der Waals surface area contributed by atoms with Gasteiger partial charge in [0.15, 0.2) is 0 Å². The molecule has 0 radical (unpaired) electrons. The van der Waals surface area contributed by atoms with Gasteiger partial charge in [0.1, 0.15) is 5.75 Å². The normalized spacial score (nSPS) is 12.0. The van der Waals surface area contributed by atoms with Crippen molar-refractivity contribution >= 4 is 21.9 Å². The Morgan fingerprint density at radius 2 is 2.11 bits per heavy atom. The predicted molar refractivity (Wildman–Crippen MR) is 78.1 cm³/mol. The molecule has 1 unspecified atom stereocenters. The molecule has 0 bridgehead atoms. The zero-order valence-electron chi connectivity index (χ0n) is 11.3. The van der Waals surface area contributed by atoms with Crippen molar-refractivity contribution in [1.29, 1.82) is 0 Å². The molecule has 0 saturated heterocycles. The molecule has 0 aromatic heterocycles. The summed E-state index contributed by atoms with van der Waals surface area (Å²) in [5.41, 5.74) is 7.15. The van der Waals surface area contributed by atoms with Crippen molar-refractivity contribution in [2.75, 3.05) is 14.2 Å². The minimum Gasteiger partial charge on any atom is -0.496 e. The Hall–Kier alpha value is -1.07. The van der Waals surface area contributed by atoms with Crippen LogP contribution < -0.4 is 10.5 Å². The van der Waals surface area contributed by atoms with E-state index in [1.54, 1.807) is 7.11 Å². The second-order valence-corrected chi connectivity index (χ2v) is 5.23. The standard InChI is InChI=1S/C14H20BrNO3/c1-18-13-8-7-10(15)9-11(13)12(16)5-3-4-6-14(17)19-2/h7-9,12H,3-6,16H2,1-2H3. The number of carbonyl (C=O) groups is 1. The maximum absolute atomic E-state index is 11.0. The van der Waals surface area contributed by atoms with Crippen molar-refractivity contribution in [2.45, 2.75) is 31.7 Å². The Bertz CT molecular complexity index is 423. The highest BCUT2D eigenvalue weighted by atomic mass is 79.9. The average molecular weight is 330 g/mol. The number of halogens is 1. The summed E-state index contributed by atoms with van der Waals surface area (Å²) in [6.07, 6.45) is 2.92. The van der Waals surface area contributed by atoms with Crippen LogP contribution in [0.4, 0.5) is 0 Å². The lowest BCUT2D eigenvalue weighted by Crippen LogP contribution is -2.12. The van der Waals surface area contributed by atoms with Crippen LogP contribution in [0, 0.1) is 0 Å². The van der Waals surface area contributed by atoms with Gasteiger partial charge in [-0.3, -0.25) is 4.79 Å². The second-order valence-electron chi connectivity index (χ2n) is 4.31. The first kappa shape index (κ1) is 16.0. The Balaban J connectivity index is 2.51. The van der Waals surface area contributed by atoms with Crippen molar-refractivity contribution in [3.05, 3.63) is 28.2 Å². The number of benzene rings is 1. The minimum atomic E-state index is -0.173. The highest BCUT2D eigenvalue weighted by Gasteiger charge is 2.12. The number of esters is 1. The molecule has 0 saturated carbocycles. The fraction of sp³-hybridized carbons (Fsp3) is 0.500. The van der Waals surface area contributed by atoms with Crippen LogP contribution in [-0.4, -0.2) is 20.2 Å². The van der Waals surface area contributed by atoms with Crippen molar-refractivity contribution in [2.24, 2.45) is 5.73 Å². The molecule has 0 aliphatic heterocycles. The summed E-state index contributed by atoms with van der Waals surface area (Å²) in [4.78, 5) is 11.0. The first-order valence-electron chi connectivity index (χ1n) is 6.24. The van der Waals surface area contributed by atoms with Gasteiger partial charge in [-0.25, -0.2) is 0 Å². The third-order valence-electron chi connectivity index (χ3n) is 2.96. The van der Waals surface area contributed by atoms with Crippen LogP contribution in [0.2, 0.25) is 0 Å². The van der Waals surface area contributed by atoms with E-state index in [0.717, 1.165) is 35.0 Å². The molecule has 19 heavy (non-hydrogen) atoms. The molecule has 0 spiro atoms. The molecule has 1 aromatic rings. The molecule has 0 fully saturated rings. The topological polar surface area (TPSA) is 61.5 Å². The monoisotopic (exact) mass is 329 g/mol. The molecule has 0 aliphatic rings. The molecule has 1 atom stereocenters. The third-order valence-corrected chi connectivity index (χ3v) is 3.46. The summed E-state index contributed by atoms with van der Waals surface area (Å²) in [6.45, 7) is 0. The van der Waals surface area contributed by atoms with Crippen LogP contribution in [0.1, 0.15) is 37.3 Å². The van der Waals surface area contributed by atoms with Crippen LogP contribution in [0.5, 0.6) is 5.75 Å². The summed E-state index contributed by atoms with van der Waals surface area (Å²) < 4.78 is 10.9. The highest BCUT2D eigenvalue weighted by molar-refractivity contribution is 9.10. The second kappa shape index (κ2) is 8.17. The van der Waals surface area contributed by atoms with E-state index in [-0.39, 0.29) is 12.0 Å². The van der Waals surface area contributed by atoms with Crippen molar-refractivity contribution in [3.8, 4) is 5.75 Å². The lowest BCUT2D eigenvalue weighted by atomic mass is 10.0. The first-order chi connectivity index (χ1) is 9.08. The maximum Gasteiger partial charge on any atom is 0.305 e. The van der Waals surface area contributed by atoms with Gasteiger partial charge in [0.2, 0.25) is 0 Å². The van der Waals surface area contributed by atoms with Crippen LogP contribution >= 0.6 is 15.9 Å².